The molecule has 0 aromatic rings. The van der Waals surface area contributed by atoms with Crippen LogP contribution in [0.4, 0.5) is 0 Å². The van der Waals surface area contributed by atoms with Crippen molar-refractivity contribution in [2.24, 2.45) is 23.7 Å². The standard InChI is InChI=1S/C13H21Cl/c1-9(2)13(8-14)7-12-6-10-3-4-11(12)5-10/h7,9-12H,3-6,8H2,1-2H3/b13-7+. The molecular weight excluding hydrogens is 192 g/mol. The molecule has 3 unspecified atom stereocenters. The first-order valence-electron chi connectivity index (χ1n) is 5.97. The Balaban J connectivity index is 2.02. The van der Waals surface area contributed by atoms with E-state index >= 15 is 0 Å². The van der Waals surface area contributed by atoms with Crippen molar-refractivity contribution < 1.29 is 0 Å². The summed E-state index contributed by atoms with van der Waals surface area (Å²) < 4.78 is 0. The van der Waals surface area contributed by atoms with Crippen LogP contribution < -0.4 is 0 Å². The normalized spacial score (nSPS) is 37.1. The lowest BCUT2D eigenvalue weighted by atomic mass is 9.86. The second kappa shape index (κ2) is 4.26. The minimum atomic E-state index is 0.631. The highest BCUT2D eigenvalue weighted by atomic mass is 35.5. The Bertz CT molecular complexity index is 229. The lowest BCUT2D eigenvalue weighted by Crippen LogP contribution is -2.10. The van der Waals surface area contributed by atoms with Crippen LogP contribution in [-0.4, -0.2) is 5.88 Å². The molecule has 0 aliphatic heterocycles. The first-order valence-corrected chi connectivity index (χ1v) is 6.50. The van der Waals surface area contributed by atoms with Crippen LogP contribution >= 0.6 is 11.6 Å². The van der Waals surface area contributed by atoms with E-state index in [4.69, 9.17) is 11.6 Å². The third-order valence-corrected chi connectivity index (χ3v) is 4.43. The SMILES string of the molecule is CC(C)/C(=C/C1CC2CCC1C2)CCl. The van der Waals surface area contributed by atoms with E-state index in [0.29, 0.717) is 5.92 Å². The van der Waals surface area contributed by atoms with Crippen LogP contribution in [0.1, 0.15) is 39.5 Å². The van der Waals surface area contributed by atoms with Gasteiger partial charge in [-0.25, -0.2) is 0 Å². The van der Waals surface area contributed by atoms with Gasteiger partial charge in [0.25, 0.3) is 0 Å². The molecule has 0 aromatic heterocycles. The number of alkyl halides is 1. The molecular formula is C13H21Cl. The number of hydrogen-bond donors (Lipinski definition) is 0. The molecule has 0 heterocycles. The van der Waals surface area contributed by atoms with E-state index in [1.165, 1.54) is 31.3 Å². The van der Waals surface area contributed by atoms with Gasteiger partial charge in [-0.15, -0.1) is 11.6 Å². The summed E-state index contributed by atoms with van der Waals surface area (Å²) in [5.74, 6) is 4.27. The van der Waals surface area contributed by atoms with Crippen molar-refractivity contribution in [3.05, 3.63) is 11.6 Å². The molecule has 0 aromatic carbocycles. The van der Waals surface area contributed by atoms with Crippen LogP contribution in [0, 0.1) is 23.7 Å². The molecule has 1 heteroatoms. The van der Waals surface area contributed by atoms with Crippen molar-refractivity contribution in [3.63, 3.8) is 0 Å². The van der Waals surface area contributed by atoms with Crippen molar-refractivity contribution in [1.82, 2.24) is 0 Å². The predicted octanol–water partition coefficient (Wildman–Crippen LogP) is 4.24. The second-order valence-electron chi connectivity index (χ2n) is 5.37. The van der Waals surface area contributed by atoms with Gasteiger partial charge in [-0.3, -0.25) is 0 Å². The molecule has 80 valence electrons. The van der Waals surface area contributed by atoms with Gasteiger partial charge in [0.15, 0.2) is 0 Å². The number of rotatable bonds is 3. The maximum atomic E-state index is 5.97. The van der Waals surface area contributed by atoms with E-state index in [0.717, 1.165) is 23.6 Å². The number of halogens is 1. The summed E-state index contributed by atoms with van der Waals surface area (Å²) in [4.78, 5) is 0. The molecule has 2 rings (SSSR count). The zero-order chi connectivity index (χ0) is 10.1. The molecule has 2 aliphatic carbocycles. The Morgan fingerprint density at radius 3 is 2.57 bits per heavy atom. The molecule has 2 fully saturated rings. The number of hydrogen-bond acceptors (Lipinski definition) is 0. The lowest BCUT2D eigenvalue weighted by Gasteiger charge is -2.20. The van der Waals surface area contributed by atoms with Crippen LogP contribution in [0.25, 0.3) is 0 Å². The molecule has 0 N–H and O–H groups in total. The van der Waals surface area contributed by atoms with Crippen LogP contribution in [0.15, 0.2) is 11.6 Å². The zero-order valence-corrected chi connectivity index (χ0v) is 10.1. The van der Waals surface area contributed by atoms with Crippen molar-refractivity contribution in [1.29, 1.82) is 0 Å². The number of fused-ring (bicyclic) bond motifs is 2. The zero-order valence-electron chi connectivity index (χ0n) is 9.30. The minimum Gasteiger partial charge on any atom is -0.122 e. The molecule has 0 spiro atoms. The molecule has 2 saturated carbocycles. The van der Waals surface area contributed by atoms with Gasteiger partial charge >= 0.3 is 0 Å². The van der Waals surface area contributed by atoms with Gasteiger partial charge in [0, 0.05) is 5.88 Å². The predicted molar refractivity (Wildman–Crippen MR) is 62.6 cm³/mol. The molecule has 14 heavy (non-hydrogen) atoms. The van der Waals surface area contributed by atoms with E-state index in [1.54, 1.807) is 0 Å². The van der Waals surface area contributed by atoms with E-state index < -0.39 is 0 Å². The fourth-order valence-corrected chi connectivity index (χ4v) is 3.56. The fraction of sp³-hybridized carbons (Fsp3) is 0.846. The van der Waals surface area contributed by atoms with Crippen LogP contribution in [0.5, 0.6) is 0 Å². The van der Waals surface area contributed by atoms with Crippen LogP contribution in [0.3, 0.4) is 0 Å². The quantitative estimate of drug-likeness (QED) is 0.485. The molecule has 0 radical (unpaired) electrons. The minimum absolute atomic E-state index is 0.631. The summed E-state index contributed by atoms with van der Waals surface area (Å²) in [5, 5.41) is 0. The monoisotopic (exact) mass is 212 g/mol. The first kappa shape index (κ1) is 10.5. The first-order chi connectivity index (χ1) is 6.70. The highest BCUT2D eigenvalue weighted by molar-refractivity contribution is 6.19. The number of allylic oxidation sites excluding steroid dienone is 2. The van der Waals surface area contributed by atoms with E-state index in [-0.39, 0.29) is 0 Å². The van der Waals surface area contributed by atoms with Crippen molar-refractivity contribution >= 4 is 11.6 Å². The van der Waals surface area contributed by atoms with Gasteiger partial charge in [-0.2, -0.15) is 0 Å². The van der Waals surface area contributed by atoms with Crippen molar-refractivity contribution in [2.75, 3.05) is 5.88 Å². The molecule has 0 amide bonds. The Kier molecular flexibility index (Phi) is 3.21. The topological polar surface area (TPSA) is 0 Å². The summed E-state index contributed by atoms with van der Waals surface area (Å²) >= 11 is 5.97. The van der Waals surface area contributed by atoms with Gasteiger partial charge in [0.2, 0.25) is 0 Å². The molecule has 2 bridgehead atoms. The fourth-order valence-electron chi connectivity index (χ4n) is 3.16. The summed E-state index contributed by atoms with van der Waals surface area (Å²) in [7, 11) is 0. The summed E-state index contributed by atoms with van der Waals surface area (Å²) in [6.45, 7) is 4.50. The summed E-state index contributed by atoms with van der Waals surface area (Å²) in [6.07, 6.45) is 8.40. The average Bonchev–Trinajstić information content (AvgIpc) is 2.74. The highest BCUT2D eigenvalue weighted by Gasteiger charge is 2.38. The third kappa shape index (κ3) is 2.00. The smallest absolute Gasteiger partial charge is 0.0436 e. The Morgan fingerprint density at radius 2 is 2.14 bits per heavy atom. The van der Waals surface area contributed by atoms with E-state index in [1.807, 2.05) is 0 Å². The molecule has 2 aliphatic rings. The highest BCUT2D eigenvalue weighted by Crippen LogP contribution is 2.49. The molecule has 3 atom stereocenters. The van der Waals surface area contributed by atoms with Gasteiger partial charge in [-0.1, -0.05) is 31.9 Å². The maximum Gasteiger partial charge on any atom is 0.0436 e. The van der Waals surface area contributed by atoms with Crippen molar-refractivity contribution in [2.45, 2.75) is 39.5 Å². The van der Waals surface area contributed by atoms with Crippen LogP contribution in [0.2, 0.25) is 0 Å². The largest absolute Gasteiger partial charge is 0.122 e. The summed E-state index contributed by atoms with van der Waals surface area (Å²) in [5.41, 5.74) is 1.46. The lowest BCUT2D eigenvalue weighted by molar-refractivity contribution is 0.391. The average molecular weight is 213 g/mol. The van der Waals surface area contributed by atoms with Crippen LogP contribution in [-0.2, 0) is 0 Å². The van der Waals surface area contributed by atoms with E-state index in [2.05, 4.69) is 19.9 Å². The Hall–Kier alpha value is 0.0300. The molecule has 0 saturated heterocycles. The Labute approximate surface area is 92.7 Å². The van der Waals surface area contributed by atoms with Gasteiger partial charge in [0.05, 0.1) is 0 Å². The Morgan fingerprint density at radius 1 is 1.36 bits per heavy atom. The molecule has 0 nitrogen and oxygen atoms in total. The van der Waals surface area contributed by atoms with Gasteiger partial charge in [-0.05, 0) is 42.9 Å². The van der Waals surface area contributed by atoms with E-state index in [9.17, 15) is 0 Å². The second-order valence-corrected chi connectivity index (χ2v) is 5.64. The third-order valence-electron chi connectivity index (χ3n) is 4.12. The van der Waals surface area contributed by atoms with Gasteiger partial charge < -0.3 is 0 Å². The van der Waals surface area contributed by atoms with Crippen molar-refractivity contribution in [3.8, 4) is 0 Å². The summed E-state index contributed by atoms with van der Waals surface area (Å²) in [6, 6.07) is 0. The maximum absolute atomic E-state index is 5.97. The van der Waals surface area contributed by atoms with Gasteiger partial charge in [0.1, 0.15) is 0 Å².